The lowest BCUT2D eigenvalue weighted by Gasteiger charge is -2.28. The quantitative estimate of drug-likeness (QED) is 0.599. The highest BCUT2D eigenvalue weighted by molar-refractivity contribution is 5.98. The Labute approximate surface area is 200 Å². The van der Waals surface area contributed by atoms with Gasteiger partial charge in [-0.1, -0.05) is 60.2 Å². The fourth-order valence-corrected chi connectivity index (χ4v) is 4.52. The molecular weight excluding hydrogens is 426 g/mol. The van der Waals surface area contributed by atoms with E-state index >= 15 is 0 Å². The van der Waals surface area contributed by atoms with Crippen LogP contribution < -0.4 is 10.2 Å². The molecule has 1 unspecified atom stereocenters. The average molecular weight is 458 g/mol. The Bertz CT molecular complexity index is 1160. The molecule has 0 aliphatic carbocycles. The number of rotatable bonds is 6. The van der Waals surface area contributed by atoms with Gasteiger partial charge in [-0.15, -0.1) is 0 Å². The summed E-state index contributed by atoms with van der Waals surface area (Å²) >= 11 is 0. The largest absolute Gasteiger partial charge is 0.378 e. The molecule has 1 amide bonds. The topological polar surface area (TPSA) is 70.6 Å². The molecule has 3 aromatic rings. The summed E-state index contributed by atoms with van der Waals surface area (Å²) in [6, 6.07) is 18.9. The Morgan fingerprint density at radius 2 is 1.62 bits per heavy atom. The third-order valence-electron chi connectivity index (χ3n) is 6.53. The van der Waals surface area contributed by atoms with Crippen molar-refractivity contribution in [1.82, 2.24) is 14.9 Å². The molecule has 5 rings (SSSR count). The monoisotopic (exact) mass is 457 g/mol. The smallest absolute Gasteiger partial charge is 0.273 e. The fourth-order valence-electron chi connectivity index (χ4n) is 4.52. The summed E-state index contributed by atoms with van der Waals surface area (Å²) in [6.07, 6.45) is 0. The first-order chi connectivity index (χ1) is 16.5. The van der Waals surface area contributed by atoms with Crippen LogP contribution in [0.2, 0.25) is 0 Å². The minimum Gasteiger partial charge on any atom is -0.378 e. The Balaban J connectivity index is 1.59. The molecule has 34 heavy (non-hydrogen) atoms. The van der Waals surface area contributed by atoms with Crippen LogP contribution in [-0.4, -0.2) is 53.1 Å². The summed E-state index contributed by atoms with van der Waals surface area (Å²) in [7, 11) is 0. The summed E-state index contributed by atoms with van der Waals surface area (Å²) in [4.78, 5) is 26.9. The number of aromatic nitrogens is 2. The van der Waals surface area contributed by atoms with Crippen molar-refractivity contribution in [2.24, 2.45) is 0 Å². The molecule has 7 nitrogen and oxygen atoms in total. The zero-order valence-electron chi connectivity index (χ0n) is 20.0. The molecule has 0 spiro atoms. The van der Waals surface area contributed by atoms with Gasteiger partial charge in [-0.05, 0) is 31.9 Å². The summed E-state index contributed by atoms with van der Waals surface area (Å²) in [5.41, 5.74) is 4.86. The maximum Gasteiger partial charge on any atom is 0.273 e. The first-order valence-corrected chi connectivity index (χ1v) is 11.9. The molecule has 1 N–H and O–H groups in total. The van der Waals surface area contributed by atoms with E-state index in [0.717, 1.165) is 22.5 Å². The molecule has 1 aromatic heterocycles. The van der Waals surface area contributed by atoms with E-state index in [0.29, 0.717) is 44.5 Å². The van der Waals surface area contributed by atoms with E-state index in [1.807, 2.05) is 36.9 Å². The lowest BCUT2D eigenvalue weighted by atomic mass is 9.97. The van der Waals surface area contributed by atoms with Gasteiger partial charge >= 0.3 is 0 Å². The number of amides is 1. The van der Waals surface area contributed by atoms with Crippen LogP contribution in [0.15, 0.2) is 54.6 Å². The van der Waals surface area contributed by atoms with Crippen molar-refractivity contribution < 1.29 is 9.53 Å². The second-order valence-corrected chi connectivity index (χ2v) is 9.22. The second-order valence-electron chi connectivity index (χ2n) is 9.22. The summed E-state index contributed by atoms with van der Waals surface area (Å²) in [5.74, 6) is 1.27. The predicted octanol–water partition coefficient (Wildman–Crippen LogP) is 4.19. The lowest BCUT2D eigenvalue weighted by molar-refractivity contribution is 0.0726. The maximum atomic E-state index is 13.3. The predicted molar refractivity (Wildman–Crippen MR) is 133 cm³/mol. The van der Waals surface area contributed by atoms with Crippen LogP contribution in [0.25, 0.3) is 0 Å². The summed E-state index contributed by atoms with van der Waals surface area (Å²) in [5, 5.41) is 3.70. The molecule has 1 fully saturated rings. The van der Waals surface area contributed by atoms with Gasteiger partial charge in [0.1, 0.15) is 11.5 Å². The minimum absolute atomic E-state index is 0.0310. The third-order valence-corrected chi connectivity index (χ3v) is 6.53. The van der Waals surface area contributed by atoms with Gasteiger partial charge in [-0.3, -0.25) is 4.79 Å². The van der Waals surface area contributed by atoms with E-state index in [-0.39, 0.29) is 18.0 Å². The van der Waals surface area contributed by atoms with Gasteiger partial charge < -0.3 is 19.9 Å². The van der Waals surface area contributed by atoms with E-state index in [9.17, 15) is 4.79 Å². The highest BCUT2D eigenvalue weighted by Gasteiger charge is 2.35. The van der Waals surface area contributed by atoms with Crippen molar-refractivity contribution in [3.63, 3.8) is 0 Å². The van der Waals surface area contributed by atoms with Gasteiger partial charge in [0.2, 0.25) is 5.95 Å². The molecule has 2 aliphatic heterocycles. The fraction of sp³-hybridized carbons (Fsp3) is 0.370. The molecule has 7 heteroatoms. The number of morpholine rings is 1. The number of fused-ring (bicyclic) bond motifs is 1. The molecule has 0 saturated carbocycles. The number of hydrogen-bond acceptors (Lipinski definition) is 6. The Hall–Kier alpha value is -3.45. The van der Waals surface area contributed by atoms with Gasteiger partial charge in [-0.25, -0.2) is 4.98 Å². The Kier molecular flexibility index (Phi) is 6.20. The Morgan fingerprint density at radius 3 is 2.29 bits per heavy atom. The summed E-state index contributed by atoms with van der Waals surface area (Å²) < 4.78 is 5.52. The van der Waals surface area contributed by atoms with Gasteiger partial charge in [0.05, 0.1) is 25.8 Å². The van der Waals surface area contributed by atoms with E-state index in [1.54, 1.807) is 0 Å². The highest BCUT2D eigenvalue weighted by Crippen LogP contribution is 2.34. The van der Waals surface area contributed by atoms with Gasteiger partial charge in [-0.2, -0.15) is 4.98 Å². The van der Waals surface area contributed by atoms with Crippen molar-refractivity contribution in [1.29, 1.82) is 0 Å². The number of nitrogens with zero attached hydrogens (tertiary/aromatic N) is 4. The van der Waals surface area contributed by atoms with Crippen LogP contribution >= 0.6 is 0 Å². The molecule has 176 valence electrons. The zero-order valence-corrected chi connectivity index (χ0v) is 20.0. The van der Waals surface area contributed by atoms with Crippen LogP contribution in [0.4, 0.5) is 11.8 Å². The van der Waals surface area contributed by atoms with Crippen LogP contribution in [0, 0.1) is 6.92 Å². The second kappa shape index (κ2) is 9.43. The first kappa shape index (κ1) is 22.3. The number of anilines is 2. The van der Waals surface area contributed by atoms with Crippen LogP contribution in [0.5, 0.6) is 0 Å². The van der Waals surface area contributed by atoms with Gasteiger partial charge in [0.25, 0.3) is 5.91 Å². The number of benzene rings is 2. The Morgan fingerprint density at radius 1 is 0.941 bits per heavy atom. The van der Waals surface area contributed by atoms with Gasteiger partial charge in [0.15, 0.2) is 0 Å². The lowest BCUT2D eigenvalue weighted by Crippen LogP contribution is -2.38. The van der Waals surface area contributed by atoms with Crippen LogP contribution in [0.1, 0.15) is 52.6 Å². The zero-order chi connectivity index (χ0) is 23.7. The first-order valence-electron chi connectivity index (χ1n) is 11.9. The maximum absolute atomic E-state index is 13.3. The number of carbonyl (C=O) groups is 1. The number of aryl methyl sites for hydroxylation is 1. The van der Waals surface area contributed by atoms with Crippen LogP contribution in [-0.2, 0) is 11.3 Å². The molecule has 2 aromatic carbocycles. The normalized spacial score (nSPS) is 16.6. The molecule has 0 radical (unpaired) electrons. The third kappa shape index (κ3) is 4.35. The van der Waals surface area contributed by atoms with E-state index in [1.165, 1.54) is 5.56 Å². The number of nitrogens with one attached hydrogen (secondary N) is 1. The van der Waals surface area contributed by atoms with Crippen molar-refractivity contribution in [3.05, 3.63) is 82.5 Å². The standard InChI is InChI=1S/C27H31N5O2/c1-18(2)32-17-22-24(26(32)33)29-27(31-13-15-34-16-14-31)30-25(22)28-23(20-7-5-4-6-8-20)21-11-9-19(3)10-12-21/h4-12,18,23H,13-17H2,1-3H3,(H,28,29,30). The number of ether oxygens (including phenoxy) is 1. The molecule has 2 aliphatic rings. The summed E-state index contributed by atoms with van der Waals surface area (Å²) in [6.45, 7) is 9.34. The molecule has 1 saturated heterocycles. The SMILES string of the molecule is Cc1ccc(C(Nc2nc(N3CCOCC3)nc3c2CN(C(C)C)C3=O)c2ccccc2)cc1. The minimum atomic E-state index is -0.110. The number of hydrogen-bond donors (Lipinski definition) is 1. The van der Waals surface area contributed by atoms with Gasteiger partial charge in [0, 0.05) is 24.7 Å². The van der Waals surface area contributed by atoms with Crippen molar-refractivity contribution >= 4 is 17.7 Å². The molecule has 0 bridgehead atoms. The van der Waals surface area contributed by atoms with E-state index in [2.05, 4.69) is 53.5 Å². The number of carbonyl (C=O) groups excluding carboxylic acids is 1. The molecular formula is C27H31N5O2. The van der Waals surface area contributed by atoms with Crippen molar-refractivity contribution in [3.8, 4) is 0 Å². The van der Waals surface area contributed by atoms with Crippen LogP contribution in [0.3, 0.4) is 0 Å². The van der Waals surface area contributed by atoms with Crippen molar-refractivity contribution in [2.75, 3.05) is 36.5 Å². The van der Waals surface area contributed by atoms with Crippen molar-refractivity contribution in [2.45, 2.75) is 39.4 Å². The van der Waals surface area contributed by atoms with E-state index < -0.39 is 0 Å². The molecule has 3 heterocycles. The molecule has 1 atom stereocenters. The average Bonchev–Trinajstić information content (AvgIpc) is 3.21. The van der Waals surface area contributed by atoms with E-state index in [4.69, 9.17) is 14.7 Å². The highest BCUT2D eigenvalue weighted by atomic mass is 16.5.